The predicted molar refractivity (Wildman–Crippen MR) is 164 cm³/mol. The van der Waals surface area contributed by atoms with Crippen LogP contribution in [0.2, 0.25) is 0 Å². The molecule has 1 atom stereocenters. The number of benzene rings is 2. The smallest absolute Gasteiger partial charge is 0.310 e. The minimum absolute atomic E-state index is 0.0374. The molecule has 0 N–H and O–H groups in total. The number of esters is 1. The summed E-state index contributed by atoms with van der Waals surface area (Å²) in [5.74, 6) is 1.11. The van der Waals surface area contributed by atoms with Gasteiger partial charge in [0.2, 0.25) is 0 Å². The Morgan fingerprint density at radius 3 is 2.56 bits per heavy atom. The molecule has 1 aliphatic heterocycles. The molecule has 2 fully saturated rings. The number of amides is 1. The molecule has 1 aliphatic carbocycles. The molecule has 3 aromatic rings. The van der Waals surface area contributed by atoms with Crippen molar-refractivity contribution in [2.45, 2.75) is 68.8 Å². The van der Waals surface area contributed by atoms with Gasteiger partial charge >= 0.3 is 5.97 Å². The zero-order chi connectivity index (χ0) is 28.6. The van der Waals surface area contributed by atoms with Crippen molar-refractivity contribution in [3.05, 3.63) is 71.8 Å². The fourth-order valence-corrected chi connectivity index (χ4v) is 6.61. The Kier molecular flexibility index (Phi) is 9.93. The third-order valence-electron chi connectivity index (χ3n) is 8.12. The molecular formula is C33H40N4O3S. The number of hydrogen-bond donors (Lipinski definition) is 0. The minimum atomic E-state index is -0.249. The molecule has 41 heavy (non-hydrogen) atoms. The van der Waals surface area contributed by atoms with Crippen molar-refractivity contribution in [2.75, 3.05) is 31.6 Å². The van der Waals surface area contributed by atoms with Crippen molar-refractivity contribution < 1.29 is 14.3 Å². The van der Waals surface area contributed by atoms with Gasteiger partial charge in [-0.2, -0.15) is 0 Å². The summed E-state index contributed by atoms with van der Waals surface area (Å²) in [6, 6.07) is 20.7. The summed E-state index contributed by atoms with van der Waals surface area (Å²) in [4.78, 5) is 39.7. The summed E-state index contributed by atoms with van der Waals surface area (Å²) < 4.78 is 5.21. The standard InChI is InChI=1S/C33H40N4O3S/c1-3-40-32(39)27-16-11-19-37(22-27)31(38)26-15-10-12-24(20-26)23-41-33-34-29(25-13-6-4-7-14-25)21-30(35-33)36(2)28-17-8-5-9-18-28/h4,6-7,10,12-15,20-21,27-28H,3,5,8-9,11,16-19,22-23H2,1-2H3/t27-/m1/s1. The highest BCUT2D eigenvalue weighted by Crippen LogP contribution is 2.31. The monoisotopic (exact) mass is 572 g/mol. The van der Waals surface area contributed by atoms with Gasteiger partial charge in [-0.3, -0.25) is 9.59 Å². The summed E-state index contributed by atoms with van der Waals surface area (Å²) >= 11 is 1.59. The zero-order valence-electron chi connectivity index (χ0n) is 24.1. The maximum atomic E-state index is 13.4. The van der Waals surface area contributed by atoms with E-state index in [0.29, 0.717) is 37.1 Å². The fourth-order valence-electron chi connectivity index (χ4n) is 5.81. The average molecular weight is 573 g/mol. The van der Waals surface area contributed by atoms with Gasteiger partial charge in [0.05, 0.1) is 18.2 Å². The number of nitrogens with zero attached hydrogens (tertiary/aromatic N) is 4. The minimum Gasteiger partial charge on any atom is -0.466 e. The van der Waals surface area contributed by atoms with Crippen LogP contribution in [0.4, 0.5) is 5.82 Å². The lowest BCUT2D eigenvalue weighted by molar-refractivity contribution is -0.149. The summed E-state index contributed by atoms with van der Waals surface area (Å²) in [7, 11) is 2.16. The molecule has 1 saturated heterocycles. The average Bonchev–Trinajstić information content (AvgIpc) is 3.04. The Morgan fingerprint density at radius 1 is 0.976 bits per heavy atom. The Bertz CT molecular complexity index is 1330. The number of carbonyl (C=O) groups is 2. The number of aromatic nitrogens is 2. The summed E-state index contributed by atoms with van der Waals surface area (Å²) in [6.45, 7) is 3.24. The van der Waals surface area contributed by atoms with Crippen LogP contribution in [0.25, 0.3) is 11.3 Å². The Hall–Kier alpha value is -3.39. The SMILES string of the molecule is CCOC(=O)[C@@H]1CCCN(C(=O)c2cccc(CSc3nc(-c4ccccc4)cc(N(C)C4CCCCC4)n3)c2)C1. The number of piperidine rings is 1. The second-order valence-corrected chi connectivity index (χ2v) is 11.9. The van der Waals surface area contributed by atoms with Gasteiger partial charge in [-0.25, -0.2) is 9.97 Å². The second kappa shape index (κ2) is 14.0. The highest BCUT2D eigenvalue weighted by Gasteiger charge is 2.30. The molecule has 7 nitrogen and oxygen atoms in total. The van der Waals surface area contributed by atoms with Gasteiger partial charge in [-0.1, -0.05) is 73.5 Å². The van der Waals surface area contributed by atoms with Gasteiger partial charge in [-0.15, -0.1) is 0 Å². The highest BCUT2D eigenvalue weighted by atomic mass is 32.2. The van der Waals surface area contributed by atoms with Crippen LogP contribution in [0.5, 0.6) is 0 Å². The molecule has 1 aromatic heterocycles. The van der Waals surface area contributed by atoms with E-state index in [1.807, 2.05) is 49.4 Å². The molecule has 1 amide bonds. The fraction of sp³-hybridized carbons (Fsp3) is 0.455. The van der Waals surface area contributed by atoms with E-state index in [4.69, 9.17) is 14.7 Å². The first kappa shape index (κ1) is 29.1. The molecule has 2 aliphatic rings. The van der Waals surface area contributed by atoms with E-state index in [-0.39, 0.29) is 17.8 Å². The van der Waals surface area contributed by atoms with Crippen molar-refractivity contribution in [2.24, 2.45) is 5.92 Å². The highest BCUT2D eigenvalue weighted by molar-refractivity contribution is 7.98. The lowest BCUT2D eigenvalue weighted by Crippen LogP contribution is -2.42. The van der Waals surface area contributed by atoms with E-state index >= 15 is 0 Å². The van der Waals surface area contributed by atoms with Crippen LogP contribution in [0.1, 0.15) is 67.8 Å². The number of hydrogen-bond acceptors (Lipinski definition) is 7. The molecule has 2 heterocycles. The van der Waals surface area contributed by atoms with Crippen LogP contribution in [0.15, 0.2) is 65.8 Å². The van der Waals surface area contributed by atoms with Gasteiger partial charge in [0.1, 0.15) is 5.82 Å². The van der Waals surface area contributed by atoms with Crippen molar-refractivity contribution in [1.82, 2.24) is 14.9 Å². The van der Waals surface area contributed by atoms with Gasteiger partial charge in [0.25, 0.3) is 5.91 Å². The van der Waals surface area contributed by atoms with Gasteiger partial charge in [0, 0.05) is 49.1 Å². The summed E-state index contributed by atoms with van der Waals surface area (Å²) in [5.41, 5.74) is 3.68. The van der Waals surface area contributed by atoms with Crippen LogP contribution < -0.4 is 4.90 Å². The first-order chi connectivity index (χ1) is 20.0. The topological polar surface area (TPSA) is 75.6 Å². The molecule has 8 heteroatoms. The summed E-state index contributed by atoms with van der Waals surface area (Å²) in [5, 5.41) is 0.731. The zero-order valence-corrected chi connectivity index (χ0v) is 24.9. The number of likely N-dealkylation sites (tertiary alicyclic amines) is 1. The maximum Gasteiger partial charge on any atom is 0.310 e. The van der Waals surface area contributed by atoms with Crippen LogP contribution in [0, 0.1) is 5.92 Å². The van der Waals surface area contributed by atoms with E-state index in [1.165, 1.54) is 32.1 Å². The van der Waals surface area contributed by atoms with Crippen LogP contribution in [-0.4, -0.2) is 59.5 Å². The molecule has 0 spiro atoms. The third kappa shape index (κ3) is 7.47. The first-order valence-corrected chi connectivity index (χ1v) is 15.9. The molecule has 1 saturated carbocycles. The maximum absolute atomic E-state index is 13.4. The molecule has 0 bridgehead atoms. The number of thioether (sulfide) groups is 1. The number of anilines is 1. The Labute approximate surface area is 247 Å². The summed E-state index contributed by atoms with van der Waals surface area (Å²) in [6.07, 6.45) is 7.81. The van der Waals surface area contributed by atoms with Gasteiger partial charge < -0.3 is 14.5 Å². The van der Waals surface area contributed by atoms with Crippen molar-refractivity contribution in [1.29, 1.82) is 0 Å². The number of ether oxygens (including phenoxy) is 1. The van der Waals surface area contributed by atoms with Gasteiger partial charge in [-0.05, 0) is 50.3 Å². The van der Waals surface area contributed by atoms with Crippen molar-refractivity contribution >= 4 is 29.5 Å². The second-order valence-electron chi connectivity index (χ2n) is 11.0. The van der Waals surface area contributed by atoms with Crippen LogP contribution >= 0.6 is 11.8 Å². The van der Waals surface area contributed by atoms with E-state index in [1.54, 1.807) is 16.7 Å². The Balaban J connectivity index is 1.31. The molecule has 0 unspecified atom stereocenters. The molecular weight excluding hydrogens is 532 g/mol. The molecule has 5 rings (SSSR count). The third-order valence-corrected chi connectivity index (χ3v) is 9.03. The van der Waals surface area contributed by atoms with Gasteiger partial charge in [0.15, 0.2) is 5.16 Å². The largest absolute Gasteiger partial charge is 0.466 e. The predicted octanol–water partition coefficient (Wildman–Crippen LogP) is 6.62. The van der Waals surface area contributed by atoms with Crippen molar-refractivity contribution in [3.63, 3.8) is 0 Å². The van der Waals surface area contributed by atoms with E-state index < -0.39 is 0 Å². The molecule has 216 valence electrons. The van der Waals surface area contributed by atoms with Crippen LogP contribution in [-0.2, 0) is 15.3 Å². The van der Waals surface area contributed by atoms with Crippen molar-refractivity contribution in [3.8, 4) is 11.3 Å². The lowest BCUT2D eigenvalue weighted by atomic mass is 9.94. The van der Waals surface area contributed by atoms with E-state index in [2.05, 4.69) is 30.1 Å². The molecule has 2 aromatic carbocycles. The Morgan fingerprint density at radius 2 is 1.78 bits per heavy atom. The molecule has 0 radical (unpaired) electrons. The van der Waals surface area contributed by atoms with E-state index in [9.17, 15) is 9.59 Å². The lowest BCUT2D eigenvalue weighted by Gasteiger charge is -2.32. The van der Waals surface area contributed by atoms with E-state index in [0.717, 1.165) is 40.6 Å². The quantitative estimate of drug-likeness (QED) is 0.162. The number of carbonyl (C=O) groups excluding carboxylic acids is 2. The normalized spacial score (nSPS) is 17.7. The number of rotatable bonds is 9. The van der Waals surface area contributed by atoms with Crippen LogP contribution in [0.3, 0.4) is 0 Å². The first-order valence-electron chi connectivity index (χ1n) is 14.9.